The van der Waals surface area contributed by atoms with E-state index in [0.29, 0.717) is 5.95 Å². The SMILES string of the molecule is C1=Cc2c(c3c4c5ccccc5oc4c4c5ccccc5oc4c3n2-c2nc(-c3ccccc3)cc(-c3ccccc3)n2)CC1. The molecule has 45 heavy (non-hydrogen) atoms. The van der Waals surface area contributed by atoms with Crippen LogP contribution in [0.2, 0.25) is 0 Å². The van der Waals surface area contributed by atoms with Crippen LogP contribution in [0.15, 0.2) is 130 Å². The first kappa shape index (κ1) is 24.5. The first-order chi connectivity index (χ1) is 22.3. The summed E-state index contributed by atoms with van der Waals surface area (Å²) in [5, 5.41) is 5.38. The number of para-hydroxylation sites is 2. The fraction of sp³-hybridized carbons (Fsp3) is 0.0500. The van der Waals surface area contributed by atoms with Crippen LogP contribution in [0.1, 0.15) is 17.7 Å². The summed E-state index contributed by atoms with van der Waals surface area (Å²) in [4.78, 5) is 10.5. The lowest BCUT2D eigenvalue weighted by molar-refractivity contribution is 0.664. The number of rotatable bonds is 3. The van der Waals surface area contributed by atoms with Crippen molar-refractivity contribution in [2.75, 3.05) is 0 Å². The standard InChI is InChI=1S/C40H25N3O2/c1-3-13-24(14-4-1)29-23-30(25-15-5-2-6-16-25)42-40(41-29)43-31-20-10-7-17-26(31)34-35-27-18-8-11-21-32(27)44-38(35)36-28-19-9-12-22-33(28)45-39(36)37(34)43/h1-6,8-16,18-23H,7,17H2. The van der Waals surface area contributed by atoms with Gasteiger partial charge in [0.2, 0.25) is 5.95 Å². The Bertz CT molecular complexity index is 2580. The van der Waals surface area contributed by atoms with Gasteiger partial charge in [0.1, 0.15) is 22.3 Å². The van der Waals surface area contributed by atoms with Gasteiger partial charge in [-0.05, 0) is 42.7 Å². The second-order valence-corrected chi connectivity index (χ2v) is 11.6. The number of aromatic nitrogens is 3. The zero-order chi connectivity index (χ0) is 29.5. The molecule has 0 fully saturated rings. The molecule has 5 aromatic carbocycles. The number of benzene rings is 5. The molecule has 0 aliphatic heterocycles. The second kappa shape index (κ2) is 9.28. The van der Waals surface area contributed by atoms with E-state index in [1.807, 2.05) is 54.6 Å². The monoisotopic (exact) mass is 579 g/mol. The van der Waals surface area contributed by atoms with Gasteiger partial charge < -0.3 is 8.83 Å². The quantitative estimate of drug-likeness (QED) is 0.209. The van der Waals surface area contributed by atoms with Crippen LogP contribution in [0.4, 0.5) is 0 Å². The van der Waals surface area contributed by atoms with Crippen LogP contribution in [-0.4, -0.2) is 14.5 Å². The summed E-state index contributed by atoms with van der Waals surface area (Å²) in [5.41, 5.74) is 10.5. The molecule has 0 amide bonds. The summed E-state index contributed by atoms with van der Waals surface area (Å²) < 4.78 is 15.7. The summed E-state index contributed by atoms with van der Waals surface area (Å²) in [7, 11) is 0. The molecular formula is C40H25N3O2. The van der Waals surface area contributed by atoms with Gasteiger partial charge in [-0.3, -0.25) is 4.57 Å². The predicted molar refractivity (Wildman–Crippen MR) is 182 cm³/mol. The van der Waals surface area contributed by atoms with Gasteiger partial charge in [0, 0.05) is 32.7 Å². The van der Waals surface area contributed by atoms with Crippen molar-refractivity contribution in [2.24, 2.45) is 0 Å². The van der Waals surface area contributed by atoms with Gasteiger partial charge in [-0.1, -0.05) is 103 Å². The molecule has 5 heteroatoms. The number of furan rings is 2. The molecule has 0 saturated heterocycles. The summed E-state index contributed by atoms with van der Waals surface area (Å²) in [6.45, 7) is 0. The van der Waals surface area contributed by atoms with Crippen molar-refractivity contribution in [2.45, 2.75) is 12.8 Å². The van der Waals surface area contributed by atoms with E-state index < -0.39 is 0 Å². The molecule has 4 aromatic heterocycles. The lowest BCUT2D eigenvalue weighted by atomic mass is 9.96. The fourth-order valence-corrected chi connectivity index (χ4v) is 7.14. The van der Waals surface area contributed by atoms with Crippen LogP contribution in [0.3, 0.4) is 0 Å². The highest BCUT2D eigenvalue weighted by molar-refractivity contribution is 6.34. The Morgan fingerprint density at radius 3 is 1.82 bits per heavy atom. The Kier molecular flexibility index (Phi) is 5.05. The third-order valence-corrected chi connectivity index (χ3v) is 9.09. The predicted octanol–water partition coefficient (Wildman–Crippen LogP) is 10.5. The van der Waals surface area contributed by atoms with E-state index in [0.717, 1.165) is 95.8 Å². The van der Waals surface area contributed by atoms with E-state index in [1.165, 1.54) is 5.56 Å². The zero-order valence-electron chi connectivity index (χ0n) is 24.2. The van der Waals surface area contributed by atoms with Crippen molar-refractivity contribution in [3.63, 3.8) is 0 Å². The Labute approximate surface area is 257 Å². The molecule has 0 bridgehead atoms. The van der Waals surface area contributed by atoms with Crippen LogP contribution in [0.5, 0.6) is 0 Å². The van der Waals surface area contributed by atoms with Gasteiger partial charge >= 0.3 is 0 Å². The number of fused-ring (bicyclic) bond motifs is 12. The summed E-state index contributed by atoms with van der Waals surface area (Å²) in [6, 6.07) is 39.3. The van der Waals surface area contributed by atoms with E-state index in [4.69, 9.17) is 18.8 Å². The van der Waals surface area contributed by atoms with E-state index >= 15 is 0 Å². The molecule has 0 N–H and O–H groups in total. The highest BCUT2D eigenvalue weighted by Crippen LogP contribution is 2.48. The topological polar surface area (TPSA) is 57.0 Å². The minimum Gasteiger partial charge on any atom is -0.455 e. The largest absolute Gasteiger partial charge is 0.455 e. The van der Waals surface area contributed by atoms with Crippen LogP contribution in [0.25, 0.3) is 89.3 Å². The average Bonchev–Trinajstić information content (AvgIpc) is 3.78. The maximum Gasteiger partial charge on any atom is 0.235 e. The summed E-state index contributed by atoms with van der Waals surface area (Å²) >= 11 is 0. The first-order valence-corrected chi connectivity index (χ1v) is 15.3. The van der Waals surface area contributed by atoms with Crippen molar-refractivity contribution in [3.8, 4) is 28.5 Å². The zero-order valence-corrected chi connectivity index (χ0v) is 24.2. The molecule has 9 aromatic rings. The molecule has 0 spiro atoms. The van der Waals surface area contributed by atoms with Crippen molar-refractivity contribution < 1.29 is 8.83 Å². The fourth-order valence-electron chi connectivity index (χ4n) is 7.14. The highest BCUT2D eigenvalue weighted by Gasteiger charge is 2.30. The van der Waals surface area contributed by atoms with Gasteiger partial charge in [0.15, 0.2) is 5.58 Å². The number of allylic oxidation sites excluding steroid dienone is 1. The third kappa shape index (κ3) is 3.49. The van der Waals surface area contributed by atoms with E-state index in [2.05, 4.69) is 77.4 Å². The number of hydrogen-bond donors (Lipinski definition) is 0. The molecule has 5 nitrogen and oxygen atoms in total. The van der Waals surface area contributed by atoms with Gasteiger partial charge in [0.05, 0.1) is 22.5 Å². The van der Waals surface area contributed by atoms with Crippen LogP contribution in [-0.2, 0) is 6.42 Å². The number of nitrogens with zero attached hydrogens (tertiary/aromatic N) is 3. The molecule has 0 saturated carbocycles. The summed E-state index contributed by atoms with van der Waals surface area (Å²) in [5.74, 6) is 0.613. The lowest BCUT2D eigenvalue weighted by Gasteiger charge is -2.13. The first-order valence-electron chi connectivity index (χ1n) is 15.3. The van der Waals surface area contributed by atoms with Crippen molar-refractivity contribution >= 4 is 60.9 Å². The number of hydrogen-bond acceptors (Lipinski definition) is 4. The molecule has 212 valence electrons. The second-order valence-electron chi connectivity index (χ2n) is 11.6. The van der Waals surface area contributed by atoms with Crippen LogP contribution in [0, 0.1) is 0 Å². The van der Waals surface area contributed by atoms with Crippen LogP contribution < -0.4 is 0 Å². The van der Waals surface area contributed by atoms with E-state index in [1.54, 1.807) is 0 Å². The van der Waals surface area contributed by atoms with Crippen molar-refractivity contribution in [1.29, 1.82) is 0 Å². The maximum absolute atomic E-state index is 6.78. The normalized spacial score (nSPS) is 13.1. The maximum atomic E-state index is 6.78. The van der Waals surface area contributed by atoms with Crippen molar-refractivity contribution in [3.05, 3.63) is 133 Å². The van der Waals surface area contributed by atoms with Crippen molar-refractivity contribution in [1.82, 2.24) is 14.5 Å². The minimum absolute atomic E-state index is 0.613. The molecule has 10 rings (SSSR count). The Hall–Kier alpha value is -5.94. The van der Waals surface area contributed by atoms with Gasteiger partial charge in [-0.15, -0.1) is 0 Å². The Morgan fingerprint density at radius 2 is 1.16 bits per heavy atom. The molecule has 1 aliphatic carbocycles. The molecule has 4 heterocycles. The molecule has 0 atom stereocenters. The molecule has 0 unspecified atom stereocenters. The third-order valence-electron chi connectivity index (χ3n) is 9.09. The average molecular weight is 580 g/mol. The lowest BCUT2D eigenvalue weighted by Crippen LogP contribution is -2.07. The van der Waals surface area contributed by atoms with Crippen LogP contribution >= 0.6 is 0 Å². The van der Waals surface area contributed by atoms with E-state index in [9.17, 15) is 0 Å². The molecule has 0 radical (unpaired) electrons. The Balaban J connectivity index is 1.43. The smallest absolute Gasteiger partial charge is 0.235 e. The van der Waals surface area contributed by atoms with Gasteiger partial charge in [-0.2, -0.15) is 0 Å². The summed E-state index contributed by atoms with van der Waals surface area (Å²) in [6.07, 6.45) is 6.33. The highest BCUT2D eigenvalue weighted by atomic mass is 16.3. The number of aryl methyl sites for hydroxylation is 1. The van der Waals surface area contributed by atoms with Gasteiger partial charge in [-0.25, -0.2) is 9.97 Å². The minimum atomic E-state index is 0.613. The van der Waals surface area contributed by atoms with Gasteiger partial charge in [0.25, 0.3) is 0 Å². The van der Waals surface area contributed by atoms with E-state index in [-0.39, 0.29) is 0 Å². The Morgan fingerprint density at radius 1 is 0.578 bits per heavy atom. The molecule has 1 aliphatic rings. The molecular weight excluding hydrogens is 554 g/mol.